The summed E-state index contributed by atoms with van der Waals surface area (Å²) in [7, 11) is 3.58. The molecule has 2 aromatic carbocycles. The number of alkyl halides is 2. The van der Waals surface area contributed by atoms with Gasteiger partial charge in [0.1, 0.15) is 5.02 Å². The number of nitrogens with zero attached hydrogens (tertiary/aromatic N) is 7. The molecule has 1 saturated carbocycles. The Bertz CT molecular complexity index is 2720. The number of carbonyl (C=O) groups is 2. The molecule has 0 spiro atoms. The number of nitrogens with one attached hydrogen (secondary N) is 3. The van der Waals surface area contributed by atoms with E-state index in [-0.39, 0.29) is 29.2 Å². The number of aromatic nitrogens is 5. The summed E-state index contributed by atoms with van der Waals surface area (Å²) in [4.78, 5) is 52.4. The summed E-state index contributed by atoms with van der Waals surface area (Å²) in [6.45, 7) is 1.87. The highest BCUT2D eigenvalue weighted by molar-refractivity contribution is 6.33. The number of amides is 2. The number of carbonyl (C=O) groups excluding carboxylic acids is 2. The van der Waals surface area contributed by atoms with E-state index in [0.29, 0.717) is 83.0 Å². The molecule has 330 valence electrons. The predicted octanol–water partition coefficient (Wildman–Crippen LogP) is 6.98. The van der Waals surface area contributed by atoms with Crippen molar-refractivity contribution >= 4 is 68.4 Å². The largest absolute Gasteiger partial charge is 0.480 e. The Labute approximate surface area is 367 Å². The Hall–Kier alpha value is -5.35. The molecule has 0 radical (unpaired) electrons. The Balaban J connectivity index is 0.754. The van der Waals surface area contributed by atoms with Crippen LogP contribution in [0, 0.1) is 11.8 Å². The molecule has 2 amide bonds. The number of pyridine rings is 1. The quantitative estimate of drug-likeness (QED) is 0.139. The van der Waals surface area contributed by atoms with Crippen LogP contribution in [-0.2, 0) is 23.7 Å². The normalized spacial score (nSPS) is 26.3. The second-order valence-corrected chi connectivity index (χ2v) is 19.1. The third-order valence-corrected chi connectivity index (χ3v) is 15.1. The number of ether oxygens (including phenoxy) is 1. The lowest BCUT2D eigenvalue weighted by atomic mass is 9.82. The number of para-hydroxylation sites is 1. The number of hydrogen-bond donors (Lipinski definition) is 3. The van der Waals surface area contributed by atoms with Gasteiger partial charge in [0.15, 0.2) is 12.4 Å². The molecule has 5 aliphatic heterocycles. The Morgan fingerprint density at radius 1 is 0.968 bits per heavy atom. The first-order chi connectivity index (χ1) is 30.4. The van der Waals surface area contributed by atoms with Gasteiger partial charge in [-0.3, -0.25) is 29.3 Å². The molecule has 4 atom stereocenters. The topological polar surface area (TPSA) is 152 Å². The highest BCUT2D eigenvalue weighted by Crippen LogP contribution is 2.48. The van der Waals surface area contributed by atoms with E-state index < -0.39 is 30.0 Å². The minimum atomic E-state index is -3.13. The van der Waals surface area contributed by atoms with Crippen molar-refractivity contribution in [3.8, 4) is 5.75 Å². The lowest BCUT2D eigenvalue weighted by molar-refractivity contribution is -0.134. The van der Waals surface area contributed by atoms with Crippen molar-refractivity contribution in [3.05, 3.63) is 69.2 Å². The number of aryl methyl sites for hydroxylation is 2. The molecule has 14 nitrogen and oxygen atoms in total. The highest BCUT2D eigenvalue weighted by atomic mass is 35.5. The van der Waals surface area contributed by atoms with Crippen LogP contribution < -0.4 is 31.1 Å². The lowest BCUT2D eigenvalue weighted by Gasteiger charge is -2.42. The van der Waals surface area contributed by atoms with E-state index in [9.17, 15) is 14.4 Å². The monoisotopic (exact) mass is 880 g/mol. The Morgan fingerprint density at radius 2 is 1.75 bits per heavy atom. The number of imide groups is 1. The third-order valence-electron chi connectivity index (χ3n) is 14.8. The molecule has 63 heavy (non-hydrogen) atoms. The molecular formula is C46H51ClF2N10O4. The minimum Gasteiger partial charge on any atom is -0.480 e. The minimum absolute atomic E-state index is 0.102. The lowest BCUT2D eigenvalue weighted by Crippen LogP contribution is -2.47. The number of halogens is 3. The molecule has 3 N–H and O–H groups in total. The van der Waals surface area contributed by atoms with Gasteiger partial charge in [-0.15, -0.1) is 0 Å². The van der Waals surface area contributed by atoms with Crippen LogP contribution in [0.15, 0.2) is 47.4 Å². The van der Waals surface area contributed by atoms with Gasteiger partial charge in [-0.2, -0.15) is 10.1 Å². The van der Waals surface area contributed by atoms with E-state index in [1.165, 1.54) is 23.0 Å². The maximum absolute atomic E-state index is 15.2. The number of piperidine rings is 3. The molecule has 3 aromatic heterocycles. The summed E-state index contributed by atoms with van der Waals surface area (Å²) in [5, 5.41) is 15.7. The molecule has 2 bridgehead atoms. The van der Waals surface area contributed by atoms with Crippen LogP contribution in [0.4, 0.5) is 31.9 Å². The van der Waals surface area contributed by atoms with Gasteiger partial charge in [0.2, 0.25) is 23.5 Å². The van der Waals surface area contributed by atoms with Crippen LogP contribution in [-0.4, -0.2) is 91.3 Å². The fraction of sp³-hybridized carbons (Fsp3) is 0.522. The summed E-state index contributed by atoms with van der Waals surface area (Å²) >= 11 is 6.67. The Kier molecular flexibility index (Phi) is 9.90. The van der Waals surface area contributed by atoms with Crippen LogP contribution in [0.3, 0.4) is 0 Å². The van der Waals surface area contributed by atoms with Crippen LogP contribution in [0.1, 0.15) is 87.3 Å². The van der Waals surface area contributed by atoms with E-state index in [0.717, 1.165) is 61.9 Å². The maximum atomic E-state index is 15.2. The van der Waals surface area contributed by atoms with E-state index in [1.54, 1.807) is 19.3 Å². The van der Waals surface area contributed by atoms with E-state index >= 15 is 8.78 Å². The molecule has 6 aliphatic rings. The van der Waals surface area contributed by atoms with Gasteiger partial charge in [-0.1, -0.05) is 29.8 Å². The molecule has 17 heteroatoms. The van der Waals surface area contributed by atoms with Gasteiger partial charge in [-0.25, -0.2) is 13.8 Å². The summed E-state index contributed by atoms with van der Waals surface area (Å²) in [6.07, 6.45) is 10.5. The van der Waals surface area contributed by atoms with E-state index in [2.05, 4.69) is 48.9 Å². The van der Waals surface area contributed by atoms with Crippen molar-refractivity contribution < 1.29 is 23.1 Å². The van der Waals surface area contributed by atoms with Gasteiger partial charge in [0.25, 0.3) is 5.56 Å². The second kappa shape index (κ2) is 15.4. The van der Waals surface area contributed by atoms with E-state index in [1.807, 2.05) is 23.9 Å². The number of hydrogen-bond acceptors (Lipinski definition) is 11. The van der Waals surface area contributed by atoms with Gasteiger partial charge in [-0.05, 0) is 99.3 Å². The maximum Gasteiger partial charge on any atom is 0.301 e. The van der Waals surface area contributed by atoms with Crippen LogP contribution in [0.25, 0.3) is 21.8 Å². The smallest absolute Gasteiger partial charge is 0.301 e. The standard InChI is InChI=1S/C46H51ClF2N10O4/c1-56-35-12-8-27(20-33(35)38-40(44(56)62)63-23-46(48,49)41(53-38)25-6-7-25)51-42-34(47)21-50-45(54-42)58-16-14-24(15-17-58)22-59-28-9-10-29(59)19-26(18-28)30-4-3-5-31-37(55-57(2)39(30)31)32-11-13-36(60)52-43(32)61/h3-5,8,12,20-21,24-26,28-29,32,41,53H,6-7,9-11,13-19,22-23H2,1-2H3,(H,50,51,54)(H,52,60,61). The first-order valence-corrected chi connectivity index (χ1v) is 22.8. The van der Waals surface area contributed by atoms with Crippen molar-refractivity contribution in [2.45, 2.75) is 100 Å². The van der Waals surface area contributed by atoms with Crippen molar-refractivity contribution in [1.29, 1.82) is 0 Å². The fourth-order valence-corrected chi connectivity index (χ4v) is 11.5. The molecule has 4 saturated heterocycles. The van der Waals surface area contributed by atoms with Gasteiger partial charge in [0, 0.05) is 68.7 Å². The van der Waals surface area contributed by atoms with Crippen LogP contribution >= 0.6 is 11.6 Å². The van der Waals surface area contributed by atoms with Gasteiger partial charge < -0.3 is 24.8 Å². The molecule has 5 fully saturated rings. The van der Waals surface area contributed by atoms with Crippen molar-refractivity contribution in [2.75, 3.05) is 41.8 Å². The molecule has 4 unspecified atom stereocenters. The average molecular weight is 881 g/mol. The average Bonchev–Trinajstić information content (AvgIpc) is 4.04. The third kappa shape index (κ3) is 7.17. The zero-order chi connectivity index (χ0) is 43.3. The number of fused-ring (bicyclic) bond motifs is 6. The second-order valence-electron chi connectivity index (χ2n) is 18.7. The molecular weight excluding hydrogens is 830 g/mol. The molecule has 1 aliphatic carbocycles. The summed E-state index contributed by atoms with van der Waals surface area (Å²) in [5.41, 5.74) is 4.20. The SMILES string of the molecule is Cn1nc(C2CCC(=O)NC2=O)c2cccc(C3CC4CCC(C3)N4CC3CCN(c4ncc(Cl)c(Nc5ccc6c(c5)c5c(c(=O)n6C)OCC(F)(F)C(C6CC6)N5)n4)CC3)c21. The van der Waals surface area contributed by atoms with Crippen LogP contribution in [0.5, 0.6) is 5.75 Å². The summed E-state index contributed by atoms with van der Waals surface area (Å²) in [6, 6.07) is 11.8. The molecule has 8 heterocycles. The fourth-order valence-electron chi connectivity index (χ4n) is 11.4. The first-order valence-electron chi connectivity index (χ1n) is 22.4. The summed E-state index contributed by atoms with van der Waals surface area (Å²) < 4.78 is 39.3. The number of benzene rings is 2. The van der Waals surface area contributed by atoms with Gasteiger partial charge >= 0.3 is 5.92 Å². The molecule has 11 rings (SSSR count). The van der Waals surface area contributed by atoms with Crippen molar-refractivity contribution in [1.82, 2.24) is 34.5 Å². The summed E-state index contributed by atoms with van der Waals surface area (Å²) in [5.74, 6) is -2.31. The van der Waals surface area contributed by atoms with Crippen molar-refractivity contribution in [3.63, 3.8) is 0 Å². The first kappa shape index (κ1) is 40.4. The van der Waals surface area contributed by atoms with Crippen LogP contribution in [0.2, 0.25) is 5.02 Å². The van der Waals surface area contributed by atoms with Crippen molar-refractivity contribution in [2.24, 2.45) is 25.9 Å². The predicted molar refractivity (Wildman–Crippen MR) is 236 cm³/mol. The number of anilines is 4. The molecule has 5 aromatic rings. The zero-order valence-corrected chi connectivity index (χ0v) is 36.1. The zero-order valence-electron chi connectivity index (χ0n) is 35.4. The van der Waals surface area contributed by atoms with Gasteiger partial charge in [0.05, 0.1) is 40.6 Å². The van der Waals surface area contributed by atoms with E-state index in [4.69, 9.17) is 26.4 Å². The highest BCUT2D eigenvalue weighted by Gasteiger charge is 2.51. The Morgan fingerprint density at radius 3 is 2.49 bits per heavy atom. The number of rotatable bonds is 8.